The van der Waals surface area contributed by atoms with Crippen molar-refractivity contribution in [1.29, 1.82) is 0 Å². The molecule has 25 heavy (non-hydrogen) atoms. The molecular formula is C20H24N2O3. The van der Waals surface area contributed by atoms with Crippen LogP contribution in [0.1, 0.15) is 24.1 Å². The van der Waals surface area contributed by atoms with Crippen molar-refractivity contribution in [2.45, 2.75) is 38.4 Å². The van der Waals surface area contributed by atoms with Crippen molar-refractivity contribution in [3.63, 3.8) is 0 Å². The summed E-state index contributed by atoms with van der Waals surface area (Å²) in [7, 11) is 0. The average Bonchev–Trinajstić information content (AvgIpc) is 2.96. The Labute approximate surface area is 148 Å². The number of rotatable bonds is 6. The fourth-order valence-corrected chi connectivity index (χ4v) is 3.14. The van der Waals surface area contributed by atoms with E-state index in [1.165, 1.54) is 5.56 Å². The predicted octanol–water partition coefficient (Wildman–Crippen LogP) is 2.27. The van der Waals surface area contributed by atoms with Crippen LogP contribution in [0.3, 0.4) is 0 Å². The third-order valence-electron chi connectivity index (χ3n) is 4.62. The minimum atomic E-state index is -0.573. The summed E-state index contributed by atoms with van der Waals surface area (Å²) < 4.78 is 5.90. The van der Waals surface area contributed by atoms with Crippen LogP contribution in [0, 0.1) is 12.8 Å². The van der Waals surface area contributed by atoms with Crippen LogP contribution in [0.4, 0.5) is 0 Å². The second kappa shape index (κ2) is 8.12. The van der Waals surface area contributed by atoms with Crippen molar-refractivity contribution in [3.8, 4) is 5.75 Å². The highest BCUT2D eigenvalue weighted by atomic mass is 16.5. The number of benzene rings is 1. The quantitative estimate of drug-likeness (QED) is 0.846. The van der Waals surface area contributed by atoms with E-state index in [9.17, 15) is 9.90 Å². The monoisotopic (exact) mass is 340 g/mol. The number of carbonyl (C=O) groups is 1. The minimum Gasteiger partial charge on any atom is -0.488 e. The molecule has 0 radical (unpaired) electrons. The third kappa shape index (κ3) is 4.79. The largest absolute Gasteiger partial charge is 0.488 e. The van der Waals surface area contributed by atoms with Crippen molar-refractivity contribution in [2.24, 2.45) is 5.92 Å². The van der Waals surface area contributed by atoms with E-state index in [1.54, 1.807) is 6.20 Å². The average molecular weight is 340 g/mol. The summed E-state index contributed by atoms with van der Waals surface area (Å²) in [6.07, 6.45) is 2.76. The molecule has 132 valence electrons. The van der Waals surface area contributed by atoms with E-state index in [0.29, 0.717) is 6.54 Å². The summed E-state index contributed by atoms with van der Waals surface area (Å²) >= 11 is 0. The summed E-state index contributed by atoms with van der Waals surface area (Å²) in [5, 5.41) is 13.4. The number of hydrogen-bond donors (Lipinski definition) is 2. The van der Waals surface area contributed by atoms with Gasteiger partial charge in [-0.15, -0.1) is 0 Å². The lowest BCUT2D eigenvalue weighted by Crippen LogP contribution is -2.37. The van der Waals surface area contributed by atoms with Gasteiger partial charge in [0.1, 0.15) is 11.9 Å². The summed E-state index contributed by atoms with van der Waals surface area (Å²) in [4.78, 5) is 16.2. The van der Waals surface area contributed by atoms with Gasteiger partial charge in [0.2, 0.25) is 5.91 Å². The molecule has 5 nitrogen and oxygen atoms in total. The number of nitrogens with one attached hydrogen (secondary N) is 1. The lowest BCUT2D eigenvalue weighted by molar-refractivity contribution is -0.120. The number of nitrogens with zero attached hydrogens (tertiary/aromatic N) is 1. The van der Waals surface area contributed by atoms with E-state index in [0.717, 1.165) is 24.3 Å². The zero-order valence-electron chi connectivity index (χ0n) is 14.4. The van der Waals surface area contributed by atoms with Gasteiger partial charge in [0.25, 0.3) is 0 Å². The Balaban J connectivity index is 1.46. The molecule has 0 spiro atoms. The number of aliphatic hydroxyl groups is 1. The predicted molar refractivity (Wildman–Crippen MR) is 95.3 cm³/mol. The van der Waals surface area contributed by atoms with Gasteiger partial charge in [-0.25, -0.2) is 0 Å². The standard InChI is InChI=1S/C20H24N2O3/c1-14-5-8-17(9-6-14)25-18-10-7-15(20(18)24)13-22-19(23)12-16-4-2-3-11-21-16/h2-6,8-9,11,15,18,20,24H,7,10,12-13H2,1H3,(H,22,23)/t15-,18-,20-/m1/s1. The maximum absolute atomic E-state index is 12.0. The minimum absolute atomic E-state index is 0.0168. The Bertz CT molecular complexity index is 688. The fourth-order valence-electron chi connectivity index (χ4n) is 3.14. The highest BCUT2D eigenvalue weighted by Crippen LogP contribution is 2.29. The van der Waals surface area contributed by atoms with Crippen molar-refractivity contribution in [1.82, 2.24) is 10.3 Å². The molecule has 1 aromatic carbocycles. The van der Waals surface area contributed by atoms with E-state index in [1.807, 2.05) is 49.4 Å². The molecule has 1 saturated carbocycles. The molecule has 1 heterocycles. The molecule has 0 aliphatic heterocycles. The highest BCUT2D eigenvalue weighted by molar-refractivity contribution is 5.78. The number of aryl methyl sites for hydroxylation is 1. The first-order valence-corrected chi connectivity index (χ1v) is 8.70. The first-order valence-electron chi connectivity index (χ1n) is 8.70. The van der Waals surface area contributed by atoms with Gasteiger partial charge in [0.15, 0.2) is 0 Å². The number of carbonyl (C=O) groups excluding carboxylic acids is 1. The number of aromatic nitrogens is 1. The second-order valence-electron chi connectivity index (χ2n) is 6.60. The highest BCUT2D eigenvalue weighted by Gasteiger charge is 2.36. The van der Waals surface area contributed by atoms with Crippen molar-refractivity contribution >= 4 is 5.91 Å². The fraction of sp³-hybridized carbons (Fsp3) is 0.400. The van der Waals surface area contributed by atoms with Crippen LogP contribution in [0.5, 0.6) is 5.75 Å². The molecule has 5 heteroatoms. The summed E-state index contributed by atoms with van der Waals surface area (Å²) in [6, 6.07) is 13.3. The molecule has 1 fully saturated rings. The molecule has 0 bridgehead atoms. The Hall–Kier alpha value is -2.40. The van der Waals surface area contributed by atoms with Crippen molar-refractivity contribution < 1.29 is 14.6 Å². The van der Waals surface area contributed by atoms with Crippen LogP contribution in [0.2, 0.25) is 0 Å². The van der Waals surface area contributed by atoms with E-state index < -0.39 is 6.10 Å². The molecular weight excluding hydrogens is 316 g/mol. The van der Waals surface area contributed by atoms with Gasteiger partial charge in [0.05, 0.1) is 12.5 Å². The molecule has 2 aromatic rings. The van der Waals surface area contributed by atoms with Crippen LogP contribution < -0.4 is 10.1 Å². The lowest BCUT2D eigenvalue weighted by atomic mass is 10.1. The number of hydrogen-bond acceptors (Lipinski definition) is 4. The summed E-state index contributed by atoms with van der Waals surface area (Å²) in [5.74, 6) is 0.714. The molecule has 1 aromatic heterocycles. The van der Waals surface area contributed by atoms with Crippen LogP contribution in [0.15, 0.2) is 48.7 Å². The Morgan fingerprint density at radius 3 is 2.76 bits per heavy atom. The molecule has 0 saturated heterocycles. The Morgan fingerprint density at radius 2 is 2.04 bits per heavy atom. The first kappa shape index (κ1) is 17.4. The van der Waals surface area contributed by atoms with Gasteiger partial charge in [-0.3, -0.25) is 9.78 Å². The zero-order valence-corrected chi connectivity index (χ0v) is 14.4. The topological polar surface area (TPSA) is 71.5 Å². The molecule has 1 aliphatic carbocycles. The van der Waals surface area contributed by atoms with E-state index in [2.05, 4.69) is 10.3 Å². The molecule has 3 rings (SSSR count). The summed E-state index contributed by atoms with van der Waals surface area (Å²) in [6.45, 7) is 2.48. The van der Waals surface area contributed by atoms with Gasteiger partial charge >= 0.3 is 0 Å². The van der Waals surface area contributed by atoms with Crippen LogP contribution in [-0.2, 0) is 11.2 Å². The number of aliphatic hydroxyl groups excluding tert-OH is 1. The van der Waals surface area contributed by atoms with Crippen LogP contribution >= 0.6 is 0 Å². The maximum Gasteiger partial charge on any atom is 0.226 e. The van der Waals surface area contributed by atoms with Gasteiger partial charge in [0, 0.05) is 24.4 Å². The van der Waals surface area contributed by atoms with Crippen LogP contribution in [0.25, 0.3) is 0 Å². The van der Waals surface area contributed by atoms with Gasteiger partial charge in [-0.05, 0) is 44.0 Å². The third-order valence-corrected chi connectivity index (χ3v) is 4.62. The molecule has 0 unspecified atom stereocenters. The second-order valence-corrected chi connectivity index (χ2v) is 6.60. The van der Waals surface area contributed by atoms with Crippen LogP contribution in [-0.4, -0.2) is 34.8 Å². The van der Waals surface area contributed by atoms with E-state index in [4.69, 9.17) is 4.74 Å². The summed E-state index contributed by atoms with van der Waals surface area (Å²) in [5.41, 5.74) is 1.92. The first-order chi connectivity index (χ1) is 12.1. The van der Waals surface area contributed by atoms with E-state index >= 15 is 0 Å². The molecule has 1 amide bonds. The van der Waals surface area contributed by atoms with Gasteiger partial charge in [-0.1, -0.05) is 23.8 Å². The smallest absolute Gasteiger partial charge is 0.226 e. The van der Waals surface area contributed by atoms with Gasteiger partial charge < -0.3 is 15.2 Å². The number of amides is 1. The normalized spacial score (nSPS) is 22.6. The van der Waals surface area contributed by atoms with Gasteiger partial charge in [-0.2, -0.15) is 0 Å². The maximum atomic E-state index is 12.0. The molecule has 3 atom stereocenters. The number of ether oxygens (including phenoxy) is 1. The zero-order chi connectivity index (χ0) is 17.6. The van der Waals surface area contributed by atoms with Crippen molar-refractivity contribution in [2.75, 3.05) is 6.54 Å². The number of pyridine rings is 1. The Morgan fingerprint density at radius 1 is 1.24 bits per heavy atom. The molecule has 1 aliphatic rings. The lowest BCUT2D eigenvalue weighted by Gasteiger charge is -2.21. The molecule has 2 N–H and O–H groups in total. The van der Waals surface area contributed by atoms with E-state index in [-0.39, 0.29) is 24.3 Å². The SMILES string of the molecule is Cc1ccc(O[C@@H]2CC[C@H](CNC(=O)Cc3ccccn3)[C@H]2O)cc1. The van der Waals surface area contributed by atoms with Crippen molar-refractivity contribution in [3.05, 3.63) is 59.9 Å². The Kier molecular flexibility index (Phi) is 5.66.